The number of benzene rings is 1. The van der Waals surface area contributed by atoms with Gasteiger partial charge in [-0.05, 0) is 38.3 Å². The second-order valence-electron chi connectivity index (χ2n) is 6.02. The largest absolute Gasteiger partial charge is 0.490 e. The first kappa shape index (κ1) is 13.3. The lowest BCUT2D eigenvalue weighted by Crippen LogP contribution is -2.36. The van der Waals surface area contributed by atoms with Crippen molar-refractivity contribution in [2.75, 3.05) is 12.5 Å². The summed E-state index contributed by atoms with van der Waals surface area (Å²) in [5.74, 6) is 1.70. The molecule has 0 saturated carbocycles. The fourth-order valence-corrected chi connectivity index (χ4v) is 3.79. The number of fused-ring (bicyclic) bond motifs is 1. The Balaban J connectivity index is 1.73. The summed E-state index contributed by atoms with van der Waals surface area (Å²) < 4.78 is 11.8. The Morgan fingerprint density at radius 2 is 2.26 bits per heavy atom. The number of hydrogen-bond acceptors (Lipinski definition) is 2. The third-order valence-corrected chi connectivity index (χ3v) is 5.22. The molecule has 0 radical (unpaired) electrons. The summed E-state index contributed by atoms with van der Waals surface area (Å²) in [4.78, 5) is 0. The monoisotopic (exact) mass is 280 g/mol. The molecule has 104 valence electrons. The summed E-state index contributed by atoms with van der Waals surface area (Å²) in [5.41, 5.74) is 2.72. The van der Waals surface area contributed by atoms with Crippen LogP contribution in [0.5, 0.6) is 5.75 Å². The second kappa shape index (κ2) is 4.99. The van der Waals surface area contributed by atoms with Gasteiger partial charge < -0.3 is 9.47 Å². The van der Waals surface area contributed by atoms with Crippen LogP contribution in [0.25, 0.3) is 0 Å². The van der Waals surface area contributed by atoms with Crippen molar-refractivity contribution in [3.05, 3.63) is 29.3 Å². The maximum Gasteiger partial charge on any atom is 0.123 e. The summed E-state index contributed by atoms with van der Waals surface area (Å²) in [6, 6.07) is 6.43. The van der Waals surface area contributed by atoms with Crippen LogP contribution in [0.2, 0.25) is 0 Å². The predicted molar refractivity (Wildman–Crippen MR) is 77.1 cm³/mol. The van der Waals surface area contributed by atoms with Gasteiger partial charge in [0.1, 0.15) is 11.9 Å². The van der Waals surface area contributed by atoms with E-state index in [2.05, 4.69) is 32.0 Å². The van der Waals surface area contributed by atoms with Gasteiger partial charge in [0.15, 0.2) is 0 Å². The van der Waals surface area contributed by atoms with Crippen molar-refractivity contribution in [2.45, 2.75) is 45.3 Å². The van der Waals surface area contributed by atoms with Crippen LogP contribution in [-0.4, -0.2) is 24.7 Å². The molecular weight excluding hydrogens is 260 g/mol. The fraction of sp³-hybridized carbons (Fsp3) is 0.625. The van der Waals surface area contributed by atoms with Crippen molar-refractivity contribution in [1.29, 1.82) is 0 Å². The van der Waals surface area contributed by atoms with Gasteiger partial charge in [0.05, 0.1) is 6.10 Å². The van der Waals surface area contributed by atoms with Gasteiger partial charge in [-0.15, -0.1) is 11.6 Å². The van der Waals surface area contributed by atoms with E-state index in [4.69, 9.17) is 21.1 Å². The second-order valence-corrected chi connectivity index (χ2v) is 6.29. The number of aryl methyl sites for hydroxylation is 1. The van der Waals surface area contributed by atoms with Crippen LogP contribution < -0.4 is 4.74 Å². The molecule has 0 bridgehead atoms. The molecule has 1 aromatic carbocycles. The Morgan fingerprint density at radius 1 is 1.42 bits per heavy atom. The van der Waals surface area contributed by atoms with Gasteiger partial charge in [0.2, 0.25) is 0 Å². The first-order chi connectivity index (χ1) is 9.13. The summed E-state index contributed by atoms with van der Waals surface area (Å²) in [6.45, 7) is 5.09. The maximum absolute atomic E-state index is 6.24. The van der Waals surface area contributed by atoms with Gasteiger partial charge in [-0.25, -0.2) is 0 Å². The van der Waals surface area contributed by atoms with Crippen molar-refractivity contribution in [2.24, 2.45) is 5.41 Å². The van der Waals surface area contributed by atoms with Crippen LogP contribution in [-0.2, 0) is 11.2 Å². The highest BCUT2D eigenvalue weighted by molar-refractivity contribution is 6.18. The number of alkyl halides is 1. The SMILES string of the molecule is Cc1ccc2c(c1)CC(CC1(CCl)CCOC1C)O2. The molecule has 1 saturated heterocycles. The lowest BCUT2D eigenvalue weighted by atomic mass is 9.78. The van der Waals surface area contributed by atoms with Crippen LogP contribution in [0.1, 0.15) is 30.9 Å². The van der Waals surface area contributed by atoms with Gasteiger partial charge >= 0.3 is 0 Å². The topological polar surface area (TPSA) is 18.5 Å². The number of hydrogen-bond donors (Lipinski definition) is 0. The van der Waals surface area contributed by atoms with Crippen LogP contribution in [0, 0.1) is 12.3 Å². The van der Waals surface area contributed by atoms with Crippen LogP contribution in [0.15, 0.2) is 18.2 Å². The minimum atomic E-state index is 0.0866. The number of halogens is 1. The average molecular weight is 281 g/mol. The van der Waals surface area contributed by atoms with E-state index in [-0.39, 0.29) is 17.6 Å². The van der Waals surface area contributed by atoms with Crippen LogP contribution in [0.4, 0.5) is 0 Å². The molecule has 0 spiro atoms. The molecular formula is C16H21ClO2. The normalized spacial score (nSPS) is 33.2. The number of rotatable bonds is 3. The van der Waals surface area contributed by atoms with Crippen molar-refractivity contribution < 1.29 is 9.47 Å². The first-order valence-corrected chi connectivity index (χ1v) is 7.60. The lowest BCUT2D eigenvalue weighted by Gasteiger charge is -2.32. The molecule has 3 atom stereocenters. The van der Waals surface area contributed by atoms with Crippen molar-refractivity contribution in [3.8, 4) is 5.75 Å². The smallest absolute Gasteiger partial charge is 0.123 e. The minimum Gasteiger partial charge on any atom is -0.490 e. The van der Waals surface area contributed by atoms with E-state index in [1.165, 1.54) is 11.1 Å². The molecule has 3 rings (SSSR count). The highest BCUT2D eigenvalue weighted by Crippen LogP contribution is 2.43. The van der Waals surface area contributed by atoms with E-state index in [0.717, 1.165) is 31.6 Å². The van der Waals surface area contributed by atoms with E-state index in [1.807, 2.05) is 0 Å². The van der Waals surface area contributed by atoms with Crippen molar-refractivity contribution in [1.82, 2.24) is 0 Å². The lowest BCUT2D eigenvalue weighted by molar-refractivity contribution is 0.0489. The van der Waals surface area contributed by atoms with Crippen LogP contribution >= 0.6 is 11.6 Å². The van der Waals surface area contributed by atoms with E-state index >= 15 is 0 Å². The molecule has 0 aliphatic carbocycles. The molecule has 2 aliphatic heterocycles. The molecule has 2 nitrogen and oxygen atoms in total. The Morgan fingerprint density at radius 3 is 2.95 bits per heavy atom. The van der Waals surface area contributed by atoms with E-state index < -0.39 is 0 Å². The highest BCUT2D eigenvalue weighted by Gasteiger charge is 2.44. The Kier molecular flexibility index (Phi) is 3.48. The third kappa shape index (κ3) is 2.36. The molecule has 0 amide bonds. The van der Waals surface area contributed by atoms with Crippen LogP contribution in [0.3, 0.4) is 0 Å². The Labute approximate surface area is 120 Å². The van der Waals surface area contributed by atoms with Gasteiger partial charge in [0.25, 0.3) is 0 Å². The first-order valence-electron chi connectivity index (χ1n) is 7.07. The fourth-order valence-electron chi connectivity index (χ4n) is 3.33. The van der Waals surface area contributed by atoms with Gasteiger partial charge in [0, 0.05) is 24.3 Å². The van der Waals surface area contributed by atoms with Crippen molar-refractivity contribution >= 4 is 11.6 Å². The summed E-state index contributed by atoms with van der Waals surface area (Å²) >= 11 is 6.24. The maximum atomic E-state index is 6.24. The summed E-state index contributed by atoms with van der Waals surface area (Å²) in [6.07, 6.45) is 3.53. The molecule has 1 fully saturated rings. The molecule has 3 heteroatoms. The molecule has 1 aromatic rings. The number of ether oxygens (including phenoxy) is 2. The third-order valence-electron chi connectivity index (χ3n) is 4.69. The standard InChI is InChI=1S/C16H21ClO2/c1-11-3-4-15-13(7-11)8-14(19-15)9-16(10-17)5-6-18-12(16)2/h3-4,7,12,14H,5-6,8-10H2,1-2H3. The van der Waals surface area contributed by atoms with Gasteiger partial charge in [-0.2, -0.15) is 0 Å². The Bertz CT molecular complexity index is 474. The highest BCUT2D eigenvalue weighted by atomic mass is 35.5. The zero-order valence-electron chi connectivity index (χ0n) is 11.6. The van der Waals surface area contributed by atoms with Gasteiger partial charge in [-0.1, -0.05) is 17.7 Å². The van der Waals surface area contributed by atoms with E-state index in [0.29, 0.717) is 5.88 Å². The molecule has 2 heterocycles. The molecule has 0 aromatic heterocycles. The van der Waals surface area contributed by atoms with Gasteiger partial charge in [-0.3, -0.25) is 0 Å². The van der Waals surface area contributed by atoms with Crippen molar-refractivity contribution in [3.63, 3.8) is 0 Å². The predicted octanol–water partition coefficient (Wildman–Crippen LogP) is 3.72. The Hall–Kier alpha value is -0.730. The summed E-state index contributed by atoms with van der Waals surface area (Å²) in [5, 5.41) is 0. The molecule has 2 aliphatic rings. The molecule has 0 N–H and O–H groups in total. The molecule has 19 heavy (non-hydrogen) atoms. The zero-order valence-corrected chi connectivity index (χ0v) is 12.4. The average Bonchev–Trinajstić information content (AvgIpc) is 2.94. The molecule has 3 unspecified atom stereocenters. The quantitative estimate of drug-likeness (QED) is 0.786. The summed E-state index contributed by atoms with van der Waals surface area (Å²) in [7, 11) is 0. The van der Waals surface area contributed by atoms with E-state index in [9.17, 15) is 0 Å². The van der Waals surface area contributed by atoms with E-state index in [1.54, 1.807) is 0 Å². The minimum absolute atomic E-state index is 0.0866. The zero-order chi connectivity index (χ0) is 13.5.